The lowest BCUT2D eigenvalue weighted by Gasteiger charge is -1.92. The van der Waals surface area contributed by atoms with Crippen molar-refractivity contribution in [2.45, 2.75) is 19.1 Å². The van der Waals surface area contributed by atoms with Crippen LogP contribution >= 0.6 is 0 Å². The van der Waals surface area contributed by atoms with E-state index in [0.29, 0.717) is 6.10 Å². The first-order chi connectivity index (χ1) is 3.86. The number of hydrogen-bond acceptors (Lipinski definition) is 2. The smallest absolute Gasteiger partial charge is 0.0936 e. The summed E-state index contributed by atoms with van der Waals surface area (Å²) in [5.41, 5.74) is 0. The second-order valence-corrected chi connectivity index (χ2v) is 2.76. The molecule has 2 saturated heterocycles. The highest BCUT2D eigenvalue weighted by Crippen LogP contribution is 2.20. The molecule has 2 nitrogen and oxygen atoms in total. The van der Waals surface area contributed by atoms with E-state index in [0.717, 1.165) is 12.6 Å². The normalized spacial score (nSPS) is 51.4. The van der Waals surface area contributed by atoms with E-state index in [1.807, 2.05) is 0 Å². The third kappa shape index (κ3) is 0.858. The minimum Gasteiger partial charge on any atom is -0.372 e. The van der Waals surface area contributed by atoms with Crippen molar-refractivity contribution in [1.29, 1.82) is 0 Å². The zero-order chi connectivity index (χ0) is 5.56. The second kappa shape index (κ2) is 1.45. The van der Waals surface area contributed by atoms with Gasteiger partial charge >= 0.3 is 0 Å². The van der Waals surface area contributed by atoms with E-state index in [-0.39, 0.29) is 0 Å². The predicted molar refractivity (Wildman–Crippen MR) is 30.8 cm³/mol. The van der Waals surface area contributed by atoms with Crippen LogP contribution in [0.3, 0.4) is 0 Å². The van der Waals surface area contributed by atoms with Gasteiger partial charge in [-0.05, 0) is 6.92 Å². The molecule has 0 aromatic carbocycles. The molecule has 0 aromatic rings. The lowest BCUT2D eigenvalue weighted by molar-refractivity contribution is 0.362. The van der Waals surface area contributed by atoms with E-state index in [9.17, 15) is 0 Å². The Morgan fingerprint density at radius 1 is 1.75 bits per heavy atom. The van der Waals surface area contributed by atoms with Gasteiger partial charge in [-0.15, -0.1) is 0 Å². The van der Waals surface area contributed by atoms with E-state index in [1.54, 1.807) is 0 Å². The van der Waals surface area contributed by atoms with Gasteiger partial charge in [0.15, 0.2) is 0 Å². The van der Waals surface area contributed by atoms with Crippen LogP contribution in [0.25, 0.3) is 0 Å². The molecule has 2 heterocycles. The molecule has 0 aliphatic carbocycles. The zero-order valence-corrected chi connectivity index (χ0v) is 5.13. The van der Waals surface area contributed by atoms with Crippen LogP contribution in [0, 0.1) is 0 Å². The van der Waals surface area contributed by atoms with Crippen LogP contribution in [0.1, 0.15) is 6.92 Å². The summed E-state index contributed by atoms with van der Waals surface area (Å²) in [6.07, 6.45) is 0.597. The molecule has 0 amide bonds. The van der Waals surface area contributed by atoms with E-state index >= 15 is 0 Å². The van der Waals surface area contributed by atoms with Gasteiger partial charge in [0, 0.05) is 19.1 Å². The molecule has 2 fully saturated rings. The Morgan fingerprint density at radius 2 is 2.38 bits per heavy atom. The average molecular weight is 113 g/mol. The summed E-state index contributed by atoms with van der Waals surface area (Å²) >= 11 is 0. The summed E-state index contributed by atoms with van der Waals surface area (Å²) in [6, 6.07) is 0.846. The summed E-state index contributed by atoms with van der Waals surface area (Å²) in [5, 5.41) is 0. The molecule has 0 radical (unpaired) electrons. The SMILES string of the molecule is CC1CN1CC1CO1. The first kappa shape index (κ1) is 4.77. The molecule has 3 atom stereocenters. The number of nitrogens with zero attached hydrogens (tertiary/aromatic N) is 1. The van der Waals surface area contributed by atoms with E-state index < -0.39 is 0 Å². The Bertz CT molecular complexity index is 101. The van der Waals surface area contributed by atoms with Gasteiger partial charge in [0.2, 0.25) is 0 Å². The van der Waals surface area contributed by atoms with Crippen molar-refractivity contribution in [2.75, 3.05) is 19.7 Å². The fraction of sp³-hybridized carbons (Fsp3) is 1.00. The molecule has 0 spiro atoms. The molecule has 0 N–H and O–H groups in total. The Kier molecular flexibility index (Phi) is 0.866. The summed E-state index contributed by atoms with van der Waals surface area (Å²) < 4.78 is 5.07. The third-order valence-corrected chi connectivity index (χ3v) is 1.83. The quantitative estimate of drug-likeness (QED) is 0.471. The molecule has 3 unspecified atom stereocenters. The highest BCUT2D eigenvalue weighted by molar-refractivity contribution is 4.89. The first-order valence-corrected chi connectivity index (χ1v) is 3.22. The summed E-state index contributed by atoms with van der Waals surface area (Å²) in [6.45, 7) is 5.73. The summed E-state index contributed by atoms with van der Waals surface area (Å²) in [5.74, 6) is 0. The maximum Gasteiger partial charge on any atom is 0.0936 e. The Balaban J connectivity index is 1.69. The molecule has 2 aliphatic heterocycles. The number of epoxide rings is 1. The minimum absolute atomic E-state index is 0.597. The van der Waals surface area contributed by atoms with Crippen molar-refractivity contribution < 1.29 is 4.74 Å². The molecule has 46 valence electrons. The average Bonchev–Trinajstić information content (AvgIpc) is 2.52. The van der Waals surface area contributed by atoms with Crippen molar-refractivity contribution in [2.24, 2.45) is 0 Å². The Morgan fingerprint density at radius 3 is 2.75 bits per heavy atom. The monoisotopic (exact) mass is 113 g/mol. The van der Waals surface area contributed by atoms with Gasteiger partial charge in [0.25, 0.3) is 0 Å². The Labute approximate surface area is 49.4 Å². The van der Waals surface area contributed by atoms with E-state index in [4.69, 9.17) is 4.74 Å². The molecule has 2 aliphatic rings. The second-order valence-electron chi connectivity index (χ2n) is 2.76. The largest absolute Gasteiger partial charge is 0.372 e. The molecule has 0 saturated carbocycles. The fourth-order valence-corrected chi connectivity index (χ4v) is 0.982. The topological polar surface area (TPSA) is 15.5 Å². The van der Waals surface area contributed by atoms with Crippen molar-refractivity contribution in [1.82, 2.24) is 4.90 Å². The van der Waals surface area contributed by atoms with Crippen molar-refractivity contribution >= 4 is 0 Å². The molecule has 0 bridgehead atoms. The summed E-state index contributed by atoms with van der Waals surface area (Å²) in [7, 11) is 0. The van der Waals surface area contributed by atoms with Gasteiger partial charge in [-0.3, -0.25) is 4.90 Å². The molecule has 8 heavy (non-hydrogen) atoms. The number of rotatable bonds is 2. The van der Waals surface area contributed by atoms with Crippen molar-refractivity contribution in [3.63, 3.8) is 0 Å². The summed E-state index contributed by atoms with van der Waals surface area (Å²) in [4.78, 5) is 2.43. The van der Waals surface area contributed by atoms with Crippen molar-refractivity contribution in [3.8, 4) is 0 Å². The van der Waals surface area contributed by atoms with Crippen LogP contribution in [0.4, 0.5) is 0 Å². The Hall–Kier alpha value is -0.0800. The van der Waals surface area contributed by atoms with Crippen LogP contribution in [0.2, 0.25) is 0 Å². The van der Waals surface area contributed by atoms with Gasteiger partial charge in [-0.1, -0.05) is 0 Å². The van der Waals surface area contributed by atoms with Gasteiger partial charge in [-0.2, -0.15) is 0 Å². The maximum atomic E-state index is 5.07. The number of ether oxygens (including phenoxy) is 1. The van der Waals surface area contributed by atoms with Gasteiger partial charge in [0.1, 0.15) is 0 Å². The highest BCUT2D eigenvalue weighted by atomic mass is 16.6. The van der Waals surface area contributed by atoms with Crippen LogP contribution in [0.15, 0.2) is 0 Å². The minimum atomic E-state index is 0.597. The molecule has 2 heteroatoms. The molecular formula is C6H11NO. The maximum absolute atomic E-state index is 5.07. The molecule has 0 aromatic heterocycles. The van der Waals surface area contributed by atoms with Gasteiger partial charge in [0.05, 0.1) is 12.7 Å². The fourth-order valence-electron chi connectivity index (χ4n) is 0.982. The third-order valence-electron chi connectivity index (χ3n) is 1.83. The zero-order valence-electron chi connectivity index (χ0n) is 5.13. The lowest BCUT2D eigenvalue weighted by Crippen LogP contribution is -2.07. The van der Waals surface area contributed by atoms with Gasteiger partial charge < -0.3 is 4.74 Å². The van der Waals surface area contributed by atoms with Crippen LogP contribution in [-0.4, -0.2) is 36.7 Å². The van der Waals surface area contributed by atoms with Gasteiger partial charge in [-0.25, -0.2) is 0 Å². The van der Waals surface area contributed by atoms with Crippen molar-refractivity contribution in [3.05, 3.63) is 0 Å². The number of hydrogen-bond donors (Lipinski definition) is 0. The van der Waals surface area contributed by atoms with Crippen LogP contribution in [-0.2, 0) is 4.74 Å². The van der Waals surface area contributed by atoms with E-state index in [2.05, 4.69) is 11.8 Å². The molecule has 2 rings (SSSR count). The van der Waals surface area contributed by atoms with E-state index in [1.165, 1.54) is 13.1 Å². The molecular weight excluding hydrogens is 102 g/mol. The first-order valence-electron chi connectivity index (χ1n) is 3.22. The van der Waals surface area contributed by atoms with Crippen LogP contribution < -0.4 is 0 Å². The predicted octanol–water partition coefficient (Wildman–Crippen LogP) is 0.0893. The standard InChI is InChI=1S/C6H11NO/c1-5-2-7(5)3-6-4-8-6/h5-6H,2-4H2,1H3. The lowest BCUT2D eigenvalue weighted by atomic mass is 10.5. The highest BCUT2D eigenvalue weighted by Gasteiger charge is 2.35. The van der Waals surface area contributed by atoms with Crippen LogP contribution in [0.5, 0.6) is 0 Å².